The molecule has 143 valence electrons. The number of carbonyl (C=O) groups excluding carboxylic acids is 3. The molecule has 0 rings (SSSR count). The number of allylic oxidation sites excluding steroid dienone is 6. The molecule has 25 heavy (non-hydrogen) atoms. The number of rotatable bonds is 3. The Bertz CT molecular complexity index is 487. The van der Waals surface area contributed by atoms with Gasteiger partial charge in [0.25, 0.3) is 0 Å². The molecule has 0 spiro atoms. The van der Waals surface area contributed by atoms with E-state index in [1.807, 2.05) is 0 Å². The van der Waals surface area contributed by atoms with Crippen LogP contribution < -0.4 is 15.3 Å². The van der Waals surface area contributed by atoms with Crippen molar-refractivity contribution in [3.63, 3.8) is 0 Å². The summed E-state index contributed by atoms with van der Waals surface area (Å²) >= 11 is 15.5. The van der Waals surface area contributed by atoms with Crippen LogP contribution in [-0.4, -0.2) is 17.3 Å². The van der Waals surface area contributed by atoms with Gasteiger partial charge in [-0.2, -0.15) is 0 Å². The molecule has 0 aromatic carbocycles. The van der Waals surface area contributed by atoms with Gasteiger partial charge < -0.3 is 15.3 Å². The van der Waals surface area contributed by atoms with Crippen molar-refractivity contribution in [2.75, 3.05) is 0 Å². The SMILES string of the molecule is CC(=O)/C(Cl)=C(/C)[O-].CC(=O)/C(Cl)=C(/C)[O-].CC(=O)/C(Cl)=C(/C)[O-].[Ru+3]. The molecule has 0 fully saturated rings. The van der Waals surface area contributed by atoms with E-state index in [0.717, 1.165) is 0 Å². The molecule has 0 atom stereocenters. The fourth-order valence-electron chi connectivity index (χ4n) is 0.744. The molecule has 10 heteroatoms. The Kier molecular flexibility index (Phi) is 21.1. The zero-order valence-electron chi connectivity index (χ0n) is 14.4. The Morgan fingerprint density at radius 1 is 0.520 bits per heavy atom. The van der Waals surface area contributed by atoms with E-state index in [-0.39, 0.29) is 69.2 Å². The van der Waals surface area contributed by atoms with Crippen LogP contribution in [0.4, 0.5) is 0 Å². The fraction of sp³-hybridized carbons (Fsp3) is 0.400. The van der Waals surface area contributed by atoms with Crippen molar-refractivity contribution in [3.05, 3.63) is 32.4 Å². The molecular formula is C15H18Cl3O6Ru. The quantitative estimate of drug-likeness (QED) is 0.326. The predicted octanol–water partition coefficient (Wildman–Crippen LogP) is 1.22. The molecule has 0 amide bonds. The minimum absolute atomic E-state index is 0. The molecule has 0 N–H and O–H groups in total. The van der Waals surface area contributed by atoms with Gasteiger partial charge in [0, 0.05) is 0 Å². The van der Waals surface area contributed by atoms with Crippen LogP contribution >= 0.6 is 34.8 Å². The Morgan fingerprint density at radius 3 is 0.640 bits per heavy atom. The summed E-state index contributed by atoms with van der Waals surface area (Å²) in [5.41, 5.74) is 0. The molecule has 6 nitrogen and oxygen atoms in total. The zero-order valence-corrected chi connectivity index (χ0v) is 18.4. The zero-order chi connectivity index (χ0) is 20.2. The van der Waals surface area contributed by atoms with Gasteiger partial charge in [-0.05, 0) is 20.8 Å². The molecule has 0 saturated heterocycles. The van der Waals surface area contributed by atoms with Crippen molar-refractivity contribution >= 4 is 52.2 Å². The van der Waals surface area contributed by atoms with Crippen LogP contribution in [0.1, 0.15) is 41.5 Å². The third-order valence-electron chi connectivity index (χ3n) is 1.85. The second kappa shape index (κ2) is 16.6. The summed E-state index contributed by atoms with van der Waals surface area (Å²) < 4.78 is 0. The fourth-order valence-corrected chi connectivity index (χ4v) is 0.744. The van der Waals surface area contributed by atoms with Crippen LogP contribution in [0.2, 0.25) is 0 Å². The smallest absolute Gasteiger partial charge is 0.875 e. The number of carbonyl (C=O) groups is 3. The number of ketones is 3. The molecule has 0 aromatic rings. The molecular weight excluding hydrogens is 484 g/mol. The van der Waals surface area contributed by atoms with Gasteiger partial charge in [-0.3, -0.25) is 14.4 Å². The van der Waals surface area contributed by atoms with Crippen molar-refractivity contribution in [2.45, 2.75) is 41.5 Å². The summed E-state index contributed by atoms with van der Waals surface area (Å²) in [4.78, 5) is 30.6. The maximum absolute atomic E-state index is 10.2. The first-order valence-corrected chi connectivity index (χ1v) is 7.43. The Labute approximate surface area is 174 Å². The van der Waals surface area contributed by atoms with E-state index in [4.69, 9.17) is 34.8 Å². The van der Waals surface area contributed by atoms with Crippen molar-refractivity contribution in [2.24, 2.45) is 0 Å². The van der Waals surface area contributed by atoms with Gasteiger partial charge in [-0.25, -0.2) is 0 Å². The van der Waals surface area contributed by atoms with Gasteiger partial charge in [0.05, 0.1) is 15.1 Å². The van der Waals surface area contributed by atoms with Gasteiger partial charge >= 0.3 is 19.5 Å². The average molecular weight is 502 g/mol. The molecule has 0 heterocycles. The van der Waals surface area contributed by atoms with Crippen LogP contribution in [0.5, 0.6) is 0 Å². The largest absolute Gasteiger partial charge is 3.00 e. The minimum Gasteiger partial charge on any atom is -0.875 e. The summed E-state index contributed by atoms with van der Waals surface area (Å²) in [5, 5.41) is 30.0. The van der Waals surface area contributed by atoms with Crippen LogP contribution in [0.25, 0.3) is 0 Å². The molecule has 0 unspecified atom stereocenters. The topological polar surface area (TPSA) is 120 Å². The van der Waals surface area contributed by atoms with Gasteiger partial charge in [0.1, 0.15) is 0 Å². The van der Waals surface area contributed by atoms with E-state index in [1.54, 1.807) is 0 Å². The van der Waals surface area contributed by atoms with Crippen LogP contribution in [0, 0.1) is 0 Å². The molecule has 1 radical (unpaired) electrons. The van der Waals surface area contributed by atoms with E-state index in [0.29, 0.717) is 0 Å². The van der Waals surface area contributed by atoms with Crippen molar-refractivity contribution in [3.8, 4) is 0 Å². The minimum atomic E-state index is -0.376. The second-order valence-corrected chi connectivity index (χ2v) is 5.41. The molecule has 0 aliphatic rings. The summed E-state index contributed by atoms with van der Waals surface area (Å²) in [6.07, 6.45) is 0. The van der Waals surface area contributed by atoms with E-state index in [2.05, 4.69) is 0 Å². The van der Waals surface area contributed by atoms with Crippen LogP contribution in [0.15, 0.2) is 32.4 Å². The van der Waals surface area contributed by atoms with Gasteiger partial charge in [-0.15, -0.1) is 17.3 Å². The van der Waals surface area contributed by atoms with Crippen molar-refractivity contribution in [1.29, 1.82) is 0 Å². The summed E-state index contributed by atoms with van der Waals surface area (Å²) in [7, 11) is 0. The van der Waals surface area contributed by atoms with E-state index in [1.165, 1.54) is 41.5 Å². The molecule has 0 aliphatic carbocycles. The summed E-state index contributed by atoms with van der Waals surface area (Å²) in [6, 6.07) is 0. The van der Waals surface area contributed by atoms with E-state index < -0.39 is 0 Å². The molecule has 0 aromatic heterocycles. The van der Waals surface area contributed by atoms with Crippen LogP contribution in [0.3, 0.4) is 0 Å². The maximum Gasteiger partial charge on any atom is 3.00 e. The Balaban J connectivity index is -0.000000130. The standard InChI is InChI=1S/3C5H7ClO2.Ru/c3*1-3(7)5(6)4(2)8;/h3*7H,1-2H3;/q;;;+3/p-3/b3*5-3+;. The van der Waals surface area contributed by atoms with Crippen molar-refractivity contribution in [1.82, 2.24) is 0 Å². The first kappa shape index (κ1) is 31.9. The predicted molar refractivity (Wildman–Crippen MR) is 87.7 cm³/mol. The van der Waals surface area contributed by atoms with E-state index in [9.17, 15) is 29.7 Å². The maximum atomic E-state index is 10.2. The Morgan fingerprint density at radius 2 is 0.640 bits per heavy atom. The van der Waals surface area contributed by atoms with Gasteiger partial charge in [0.15, 0.2) is 17.3 Å². The molecule has 0 aliphatic heterocycles. The third-order valence-corrected chi connectivity index (χ3v) is 3.45. The molecule has 0 bridgehead atoms. The number of hydrogen-bond donors (Lipinski definition) is 0. The average Bonchev–Trinajstić information content (AvgIpc) is 2.45. The number of hydrogen-bond acceptors (Lipinski definition) is 6. The second-order valence-electron chi connectivity index (χ2n) is 4.28. The van der Waals surface area contributed by atoms with Crippen molar-refractivity contribution < 1.29 is 49.2 Å². The normalized spacial score (nSPS) is 12.4. The first-order valence-electron chi connectivity index (χ1n) is 6.29. The van der Waals surface area contributed by atoms with Crippen LogP contribution in [-0.2, 0) is 33.9 Å². The third kappa shape index (κ3) is 19.3. The number of Topliss-reactive ketones (excluding diaryl/α,β-unsaturated/α-hetero) is 3. The Hall–Kier alpha value is -0.877. The summed E-state index contributed by atoms with van der Waals surface area (Å²) in [5.74, 6) is -2.25. The summed E-state index contributed by atoms with van der Waals surface area (Å²) in [6.45, 7) is 7.52. The number of halogens is 3. The monoisotopic (exact) mass is 501 g/mol. The first-order chi connectivity index (χ1) is 10.7. The molecule has 0 saturated carbocycles. The van der Waals surface area contributed by atoms with Gasteiger partial charge in [-0.1, -0.05) is 55.6 Å². The van der Waals surface area contributed by atoms with E-state index >= 15 is 0 Å². The van der Waals surface area contributed by atoms with Gasteiger partial charge in [0.2, 0.25) is 0 Å².